The van der Waals surface area contributed by atoms with Crippen molar-refractivity contribution in [2.75, 3.05) is 44.7 Å². The van der Waals surface area contributed by atoms with Crippen LogP contribution in [0.3, 0.4) is 0 Å². The summed E-state index contributed by atoms with van der Waals surface area (Å²) in [6, 6.07) is 17.0. The van der Waals surface area contributed by atoms with Crippen molar-refractivity contribution in [3.8, 4) is 5.75 Å². The van der Waals surface area contributed by atoms with E-state index in [9.17, 15) is 12.8 Å². The number of anilines is 1. The Bertz CT molecular complexity index is 1130. The molecule has 3 aromatic rings. The highest BCUT2D eigenvalue weighted by Crippen LogP contribution is 2.26. The molecule has 0 aliphatic carbocycles. The van der Waals surface area contributed by atoms with Crippen LogP contribution in [0.15, 0.2) is 71.3 Å². The van der Waals surface area contributed by atoms with E-state index in [-0.39, 0.29) is 18.3 Å². The van der Waals surface area contributed by atoms with Crippen LogP contribution in [0.2, 0.25) is 0 Å². The number of rotatable bonds is 9. The molecule has 0 amide bonds. The first-order valence-corrected chi connectivity index (χ1v) is 12.5. The van der Waals surface area contributed by atoms with E-state index in [1.807, 2.05) is 30.3 Å². The van der Waals surface area contributed by atoms with Crippen LogP contribution in [0.5, 0.6) is 5.75 Å². The van der Waals surface area contributed by atoms with E-state index in [0.29, 0.717) is 11.3 Å². The van der Waals surface area contributed by atoms with Crippen LogP contribution in [0.4, 0.5) is 10.1 Å². The minimum absolute atomic E-state index is 0.174. The van der Waals surface area contributed by atoms with Crippen LogP contribution in [0, 0.1) is 5.82 Å². The molecule has 2 heterocycles. The van der Waals surface area contributed by atoms with Crippen molar-refractivity contribution in [2.45, 2.75) is 11.8 Å². The number of halogens is 1. The highest BCUT2D eigenvalue weighted by atomic mass is 32.2. The van der Waals surface area contributed by atoms with Crippen LogP contribution < -0.4 is 14.4 Å². The van der Waals surface area contributed by atoms with Gasteiger partial charge in [0.05, 0.1) is 25.2 Å². The third-order valence-electron chi connectivity index (χ3n) is 5.81. The molecule has 1 aromatic heterocycles. The molecule has 1 aliphatic rings. The fourth-order valence-corrected chi connectivity index (χ4v) is 5.21. The van der Waals surface area contributed by atoms with Crippen molar-refractivity contribution < 1.29 is 22.0 Å². The molecule has 0 bridgehead atoms. The van der Waals surface area contributed by atoms with Crippen LogP contribution in [0.1, 0.15) is 17.4 Å². The Morgan fingerprint density at radius 3 is 2.45 bits per heavy atom. The first-order valence-electron chi connectivity index (χ1n) is 10.8. The Morgan fingerprint density at radius 2 is 1.82 bits per heavy atom. The van der Waals surface area contributed by atoms with Gasteiger partial charge in [0.2, 0.25) is 10.0 Å². The predicted molar refractivity (Wildman–Crippen MR) is 125 cm³/mol. The van der Waals surface area contributed by atoms with Crippen LogP contribution in [-0.2, 0) is 15.8 Å². The average molecular weight is 474 g/mol. The average Bonchev–Trinajstić information content (AvgIpc) is 3.34. The Morgan fingerprint density at radius 1 is 1.06 bits per heavy atom. The second kappa shape index (κ2) is 10.4. The number of hydrogen-bond donors (Lipinski definition) is 1. The fraction of sp³-hybridized carbons (Fsp3) is 0.333. The summed E-state index contributed by atoms with van der Waals surface area (Å²) in [4.78, 5) is 4.52. The van der Waals surface area contributed by atoms with Crippen molar-refractivity contribution >= 4 is 15.7 Å². The lowest BCUT2D eigenvalue weighted by Gasteiger charge is -2.39. The zero-order chi connectivity index (χ0) is 23.3. The van der Waals surface area contributed by atoms with Crippen molar-refractivity contribution in [3.63, 3.8) is 0 Å². The summed E-state index contributed by atoms with van der Waals surface area (Å²) in [5.41, 5.74) is 1.53. The number of hydrogen-bond acceptors (Lipinski definition) is 6. The molecule has 1 unspecified atom stereocenters. The van der Waals surface area contributed by atoms with E-state index >= 15 is 0 Å². The number of piperazine rings is 1. The molecular weight excluding hydrogens is 445 g/mol. The van der Waals surface area contributed by atoms with Crippen molar-refractivity contribution in [3.05, 3.63) is 84.1 Å². The number of methoxy groups -OCH3 is 1. The Hall–Kier alpha value is -2.88. The summed E-state index contributed by atoms with van der Waals surface area (Å²) in [7, 11) is -2.00. The molecule has 1 saturated heterocycles. The largest absolute Gasteiger partial charge is 0.497 e. The molecule has 2 aromatic carbocycles. The monoisotopic (exact) mass is 473 g/mol. The van der Waals surface area contributed by atoms with Gasteiger partial charge in [0.1, 0.15) is 17.3 Å². The second-order valence-corrected chi connectivity index (χ2v) is 9.80. The number of furan rings is 1. The molecule has 176 valence electrons. The zero-order valence-electron chi connectivity index (χ0n) is 18.5. The first kappa shape index (κ1) is 23.3. The molecular formula is C24H28FN3O4S. The van der Waals surface area contributed by atoms with Gasteiger partial charge < -0.3 is 14.1 Å². The molecule has 1 aliphatic heterocycles. The summed E-state index contributed by atoms with van der Waals surface area (Å²) in [6.07, 6.45) is 1.59. The molecule has 9 heteroatoms. The number of nitrogens with one attached hydrogen (secondary N) is 1. The summed E-state index contributed by atoms with van der Waals surface area (Å²) in [5.74, 6) is 0.800. The summed E-state index contributed by atoms with van der Waals surface area (Å²) in [6.45, 7) is 3.29. The highest BCUT2D eigenvalue weighted by Gasteiger charge is 2.28. The summed E-state index contributed by atoms with van der Waals surface area (Å²) < 4.78 is 52.3. The molecule has 0 saturated carbocycles. The van der Waals surface area contributed by atoms with Crippen molar-refractivity contribution in [1.82, 2.24) is 9.62 Å². The maximum atomic E-state index is 13.4. The van der Waals surface area contributed by atoms with E-state index in [1.54, 1.807) is 25.5 Å². The molecule has 7 nitrogen and oxygen atoms in total. The molecule has 0 spiro atoms. The van der Waals surface area contributed by atoms with Gasteiger partial charge in [-0.2, -0.15) is 0 Å². The maximum Gasteiger partial charge on any atom is 0.215 e. The minimum Gasteiger partial charge on any atom is -0.497 e. The smallest absolute Gasteiger partial charge is 0.215 e. The highest BCUT2D eigenvalue weighted by molar-refractivity contribution is 7.88. The summed E-state index contributed by atoms with van der Waals surface area (Å²) >= 11 is 0. The fourth-order valence-electron chi connectivity index (χ4n) is 4.08. The SMILES string of the molecule is COc1ccc(N2CCN(C(CNS(=O)(=O)Cc3cccc(F)c3)c3ccco3)CC2)cc1. The molecule has 1 N–H and O–H groups in total. The topological polar surface area (TPSA) is 75.0 Å². The lowest BCUT2D eigenvalue weighted by atomic mass is 10.1. The summed E-state index contributed by atoms with van der Waals surface area (Å²) in [5, 5.41) is 0. The quantitative estimate of drug-likeness (QED) is 0.513. The van der Waals surface area contributed by atoms with Gasteiger partial charge in [-0.05, 0) is 54.1 Å². The maximum absolute atomic E-state index is 13.4. The van der Waals surface area contributed by atoms with Gasteiger partial charge in [-0.3, -0.25) is 4.90 Å². The van der Waals surface area contributed by atoms with Crippen LogP contribution in [0.25, 0.3) is 0 Å². The lowest BCUT2D eigenvalue weighted by Crippen LogP contribution is -2.49. The van der Waals surface area contributed by atoms with Gasteiger partial charge >= 0.3 is 0 Å². The third-order valence-corrected chi connectivity index (χ3v) is 7.13. The van der Waals surface area contributed by atoms with E-state index < -0.39 is 15.8 Å². The van der Waals surface area contributed by atoms with Gasteiger partial charge in [0.15, 0.2) is 0 Å². The van der Waals surface area contributed by atoms with Gasteiger partial charge in [-0.25, -0.2) is 17.5 Å². The van der Waals surface area contributed by atoms with E-state index in [4.69, 9.17) is 9.15 Å². The van der Waals surface area contributed by atoms with Gasteiger partial charge in [0, 0.05) is 38.4 Å². The lowest BCUT2D eigenvalue weighted by molar-refractivity contribution is 0.166. The van der Waals surface area contributed by atoms with Crippen LogP contribution >= 0.6 is 0 Å². The third kappa shape index (κ3) is 6.13. The molecule has 1 atom stereocenters. The molecule has 4 rings (SSSR count). The molecule has 0 radical (unpaired) electrons. The van der Waals surface area contributed by atoms with Gasteiger partial charge in [0.25, 0.3) is 0 Å². The Kier molecular flexibility index (Phi) is 7.32. The normalized spacial score (nSPS) is 16.0. The Labute approximate surface area is 193 Å². The minimum atomic E-state index is -3.64. The van der Waals surface area contributed by atoms with Gasteiger partial charge in [-0.15, -0.1) is 0 Å². The second-order valence-electron chi connectivity index (χ2n) is 7.99. The van der Waals surface area contributed by atoms with Crippen molar-refractivity contribution in [2.24, 2.45) is 0 Å². The molecule has 1 fully saturated rings. The molecule has 33 heavy (non-hydrogen) atoms. The van der Waals surface area contributed by atoms with E-state index in [0.717, 1.165) is 37.6 Å². The van der Waals surface area contributed by atoms with E-state index in [1.165, 1.54) is 18.2 Å². The predicted octanol–water partition coefficient (Wildman–Crippen LogP) is 3.41. The zero-order valence-corrected chi connectivity index (χ0v) is 19.3. The number of benzene rings is 2. The first-order chi connectivity index (χ1) is 15.9. The van der Waals surface area contributed by atoms with Crippen molar-refractivity contribution in [1.29, 1.82) is 0 Å². The van der Waals surface area contributed by atoms with E-state index in [2.05, 4.69) is 14.5 Å². The number of ether oxygens (including phenoxy) is 1. The number of sulfonamides is 1. The number of nitrogens with zero attached hydrogens (tertiary/aromatic N) is 2. The van der Waals surface area contributed by atoms with Gasteiger partial charge in [-0.1, -0.05) is 12.1 Å². The van der Waals surface area contributed by atoms with Crippen LogP contribution in [-0.4, -0.2) is 53.2 Å². The standard InChI is InChI=1S/C24H28FN3O4S/c1-31-22-9-7-21(8-10-22)27-11-13-28(14-12-27)23(24-6-3-15-32-24)17-26-33(29,30)18-19-4-2-5-20(25)16-19/h2-10,15-16,23,26H,11-14,17-18H2,1H3. The Balaban J connectivity index is 1.39.